The second kappa shape index (κ2) is 6.16. The number of hydrogen-bond acceptors (Lipinski definition) is 4. The van der Waals surface area contributed by atoms with Crippen LogP contribution in [0.15, 0.2) is 42.7 Å². The fourth-order valence-electron chi connectivity index (χ4n) is 1.82. The van der Waals surface area contributed by atoms with Crippen LogP contribution >= 0.6 is 0 Å². The van der Waals surface area contributed by atoms with Gasteiger partial charge in [0.2, 0.25) is 5.91 Å². The number of phenols is 1. The number of hydrogen-bond donors (Lipinski definition) is 3. The predicted octanol–water partition coefficient (Wildman–Crippen LogP) is 1.60. The highest BCUT2D eigenvalue weighted by Crippen LogP contribution is 2.14. The molecule has 0 radical (unpaired) electrons. The van der Waals surface area contributed by atoms with Crippen LogP contribution in [-0.4, -0.2) is 22.0 Å². The van der Waals surface area contributed by atoms with Crippen LogP contribution in [0.3, 0.4) is 0 Å². The minimum atomic E-state index is -0.646. The van der Waals surface area contributed by atoms with Crippen molar-refractivity contribution in [2.24, 2.45) is 5.73 Å². The minimum absolute atomic E-state index is 0.194. The quantitative estimate of drug-likeness (QED) is 0.788. The average Bonchev–Trinajstić information content (AvgIpc) is 2.44. The van der Waals surface area contributed by atoms with E-state index in [1.165, 1.54) is 0 Å². The first kappa shape index (κ1) is 14.0. The monoisotopic (exact) mass is 271 g/mol. The lowest BCUT2D eigenvalue weighted by Gasteiger charge is -2.13. The number of nitrogens with two attached hydrogens (primary N) is 1. The number of pyridine rings is 1. The van der Waals surface area contributed by atoms with Crippen LogP contribution in [0.5, 0.6) is 5.75 Å². The molecule has 20 heavy (non-hydrogen) atoms. The van der Waals surface area contributed by atoms with E-state index in [0.29, 0.717) is 12.1 Å². The smallest absolute Gasteiger partial charge is 0.241 e. The van der Waals surface area contributed by atoms with E-state index >= 15 is 0 Å². The zero-order valence-corrected chi connectivity index (χ0v) is 11.2. The van der Waals surface area contributed by atoms with E-state index in [1.807, 2.05) is 6.92 Å². The number of amides is 1. The number of aromatic hydroxyl groups is 1. The Bertz CT molecular complexity index is 596. The van der Waals surface area contributed by atoms with E-state index < -0.39 is 6.04 Å². The van der Waals surface area contributed by atoms with Crippen molar-refractivity contribution in [1.82, 2.24) is 4.98 Å². The summed E-state index contributed by atoms with van der Waals surface area (Å²) in [6.07, 6.45) is 3.71. The van der Waals surface area contributed by atoms with Gasteiger partial charge in [0, 0.05) is 18.1 Å². The van der Waals surface area contributed by atoms with Gasteiger partial charge in [0.05, 0.1) is 6.04 Å². The number of nitrogens with one attached hydrogen (secondary N) is 1. The van der Waals surface area contributed by atoms with Crippen LogP contribution < -0.4 is 11.1 Å². The molecule has 5 nitrogen and oxygen atoms in total. The third-order valence-corrected chi connectivity index (χ3v) is 3.01. The van der Waals surface area contributed by atoms with E-state index in [-0.39, 0.29) is 11.7 Å². The van der Waals surface area contributed by atoms with Crippen LogP contribution in [0.25, 0.3) is 0 Å². The van der Waals surface area contributed by atoms with Gasteiger partial charge < -0.3 is 16.2 Å². The molecule has 0 aliphatic heterocycles. The zero-order chi connectivity index (χ0) is 14.5. The number of aromatic nitrogens is 1. The molecule has 0 saturated carbocycles. The standard InChI is InChI=1S/C15H17N3O2/c1-10-9-17-7-6-14(10)18-15(20)13(16)8-11-2-4-12(19)5-3-11/h2-7,9,13,19H,8,16H2,1H3,(H,17,18,20)/t13-/m0/s1. The van der Waals surface area contributed by atoms with Gasteiger partial charge in [-0.05, 0) is 42.7 Å². The molecule has 0 unspecified atom stereocenters. The first-order valence-corrected chi connectivity index (χ1v) is 6.31. The molecular formula is C15H17N3O2. The SMILES string of the molecule is Cc1cnccc1NC(=O)[C@@H](N)Cc1ccc(O)cc1. The third-order valence-electron chi connectivity index (χ3n) is 3.01. The molecule has 0 fully saturated rings. The summed E-state index contributed by atoms with van der Waals surface area (Å²) in [7, 11) is 0. The molecule has 0 aliphatic rings. The van der Waals surface area contributed by atoms with Crippen molar-refractivity contribution in [2.75, 3.05) is 5.32 Å². The lowest BCUT2D eigenvalue weighted by atomic mass is 10.1. The highest BCUT2D eigenvalue weighted by Gasteiger charge is 2.15. The topological polar surface area (TPSA) is 88.2 Å². The number of carbonyl (C=O) groups excluding carboxylic acids is 1. The number of rotatable bonds is 4. The molecule has 104 valence electrons. The minimum Gasteiger partial charge on any atom is -0.508 e. The lowest BCUT2D eigenvalue weighted by Crippen LogP contribution is -2.37. The maximum absolute atomic E-state index is 12.0. The van der Waals surface area contributed by atoms with Gasteiger partial charge in [-0.15, -0.1) is 0 Å². The largest absolute Gasteiger partial charge is 0.508 e. The summed E-state index contributed by atoms with van der Waals surface area (Å²) >= 11 is 0. The predicted molar refractivity (Wildman–Crippen MR) is 77.4 cm³/mol. The molecule has 1 aromatic heterocycles. The van der Waals surface area contributed by atoms with E-state index in [1.54, 1.807) is 42.7 Å². The van der Waals surface area contributed by atoms with E-state index in [2.05, 4.69) is 10.3 Å². The van der Waals surface area contributed by atoms with Gasteiger partial charge in [-0.2, -0.15) is 0 Å². The summed E-state index contributed by atoms with van der Waals surface area (Å²) in [5.74, 6) is -0.0495. The van der Waals surface area contributed by atoms with Crippen molar-refractivity contribution in [3.63, 3.8) is 0 Å². The second-order valence-corrected chi connectivity index (χ2v) is 4.66. The molecule has 4 N–H and O–H groups in total. The summed E-state index contributed by atoms with van der Waals surface area (Å²) < 4.78 is 0. The maximum Gasteiger partial charge on any atom is 0.241 e. The second-order valence-electron chi connectivity index (χ2n) is 4.66. The highest BCUT2D eigenvalue weighted by molar-refractivity contribution is 5.95. The van der Waals surface area contributed by atoms with Crippen LogP contribution in [0.1, 0.15) is 11.1 Å². The summed E-state index contributed by atoms with van der Waals surface area (Å²) in [6.45, 7) is 1.87. The number of nitrogens with zero attached hydrogens (tertiary/aromatic N) is 1. The average molecular weight is 271 g/mol. The molecule has 5 heteroatoms. The Balaban J connectivity index is 1.99. The maximum atomic E-state index is 12.0. The Morgan fingerprint density at radius 2 is 2.05 bits per heavy atom. The molecule has 1 aromatic carbocycles. The molecule has 1 heterocycles. The molecule has 0 saturated heterocycles. The van der Waals surface area contributed by atoms with Crippen molar-refractivity contribution in [2.45, 2.75) is 19.4 Å². The van der Waals surface area contributed by atoms with Crippen molar-refractivity contribution in [3.05, 3.63) is 53.9 Å². The van der Waals surface area contributed by atoms with Crippen LogP contribution in [-0.2, 0) is 11.2 Å². The van der Waals surface area contributed by atoms with E-state index in [0.717, 1.165) is 11.1 Å². The Morgan fingerprint density at radius 3 is 2.70 bits per heavy atom. The van der Waals surface area contributed by atoms with Gasteiger partial charge >= 0.3 is 0 Å². The van der Waals surface area contributed by atoms with Gasteiger partial charge in [0.25, 0.3) is 0 Å². The Hall–Kier alpha value is -2.40. The number of carbonyl (C=O) groups is 1. The lowest BCUT2D eigenvalue weighted by molar-refractivity contribution is -0.117. The molecular weight excluding hydrogens is 254 g/mol. The van der Waals surface area contributed by atoms with Gasteiger partial charge in [0.1, 0.15) is 5.75 Å². The van der Waals surface area contributed by atoms with Crippen LogP contribution in [0, 0.1) is 6.92 Å². The van der Waals surface area contributed by atoms with Gasteiger partial charge in [-0.3, -0.25) is 9.78 Å². The van der Waals surface area contributed by atoms with Crippen molar-refractivity contribution < 1.29 is 9.90 Å². The number of aryl methyl sites for hydroxylation is 1. The van der Waals surface area contributed by atoms with Gasteiger partial charge in [-0.1, -0.05) is 12.1 Å². The Kier molecular flexibility index (Phi) is 4.32. The Morgan fingerprint density at radius 1 is 1.35 bits per heavy atom. The third kappa shape index (κ3) is 3.55. The fraction of sp³-hybridized carbons (Fsp3) is 0.200. The molecule has 0 aliphatic carbocycles. The van der Waals surface area contributed by atoms with Gasteiger partial charge in [-0.25, -0.2) is 0 Å². The number of anilines is 1. The summed E-state index contributed by atoms with van der Waals surface area (Å²) in [4.78, 5) is 16.0. The normalized spacial score (nSPS) is 11.9. The van der Waals surface area contributed by atoms with E-state index in [4.69, 9.17) is 5.73 Å². The molecule has 0 bridgehead atoms. The van der Waals surface area contributed by atoms with Crippen LogP contribution in [0.2, 0.25) is 0 Å². The first-order chi connectivity index (χ1) is 9.56. The number of phenolic OH excluding ortho intramolecular Hbond substituents is 1. The molecule has 1 amide bonds. The van der Waals surface area contributed by atoms with Crippen molar-refractivity contribution in [3.8, 4) is 5.75 Å². The molecule has 2 rings (SSSR count). The van der Waals surface area contributed by atoms with Crippen molar-refractivity contribution in [1.29, 1.82) is 0 Å². The first-order valence-electron chi connectivity index (χ1n) is 6.31. The van der Waals surface area contributed by atoms with Crippen molar-refractivity contribution >= 4 is 11.6 Å². The summed E-state index contributed by atoms with van der Waals surface area (Å²) in [6, 6.07) is 7.74. The fourth-order valence-corrected chi connectivity index (χ4v) is 1.82. The summed E-state index contributed by atoms with van der Waals surface area (Å²) in [5, 5.41) is 12.0. The zero-order valence-electron chi connectivity index (χ0n) is 11.2. The van der Waals surface area contributed by atoms with Crippen LogP contribution in [0.4, 0.5) is 5.69 Å². The molecule has 2 aromatic rings. The highest BCUT2D eigenvalue weighted by atomic mass is 16.3. The molecule has 0 spiro atoms. The summed E-state index contributed by atoms with van der Waals surface area (Å²) in [5.41, 5.74) is 8.40. The van der Waals surface area contributed by atoms with E-state index in [9.17, 15) is 9.90 Å². The van der Waals surface area contributed by atoms with Gasteiger partial charge in [0.15, 0.2) is 0 Å². The Labute approximate surface area is 117 Å². The molecule has 1 atom stereocenters. The number of benzene rings is 1.